The van der Waals surface area contributed by atoms with Crippen molar-refractivity contribution in [3.8, 4) is 5.75 Å². The number of hydrogen-bond donors (Lipinski definition) is 0. The first kappa shape index (κ1) is 14.3. The Morgan fingerprint density at radius 2 is 1.80 bits per heavy atom. The molecule has 0 spiro atoms. The summed E-state index contributed by atoms with van der Waals surface area (Å²) in [4.78, 5) is 10.1. The Morgan fingerprint density at radius 3 is 2.13 bits per heavy atom. The van der Waals surface area contributed by atoms with Gasteiger partial charge in [-0.1, -0.05) is 0 Å². The molecule has 6 heteroatoms. The number of carboxylic acid groups (broad SMARTS) is 1. The summed E-state index contributed by atoms with van der Waals surface area (Å²) in [6.07, 6.45) is 0. The third-order valence-electron chi connectivity index (χ3n) is 1.71. The van der Waals surface area contributed by atoms with Crippen LogP contribution in [-0.4, -0.2) is 13.1 Å². The summed E-state index contributed by atoms with van der Waals surface area (Å²) in [7, 11) is 1.38. The summed E-state index contributed by atoms with van der Waals surface area (Å²) in [6, 6.07) is 4.47. The van der Waals surface area contributed by atoms with Crippen LogP contribution in [0.5, 0.6) is 5.75 Å². The molecule has 76 valence electrons. The molecule has 0 heterocycles. The fourth-order valence-electron chi connectivity index (χ4n) is 0.918. The Balaban J connectivity index is 0.00000196. The van der Waals surface area contributed by atoms with Crippen LogP contribution in [0.3, 0.4) is 0 Å². The van der Waals surface area contributed by atoms with Crippen LogP contribution in [0, 0.1) is 0 Å². The molecule has 0 N–H and O–H groups in total. The van der Waals surface area contributed by atoms with Gasteiger partial charge in [-0.15, -0.1) is 0 Å². The molecule has 0 unspecified atom stereocenters. The Hall–Kier alpha value is -0.650. The normalized spacial score (nSPS) is 10.3. The van der Waals surface area contributed by atoms with Crippen LogP contribution in [-0.2, 0) is 10.7 Å². The predicted molar refractivity (Wildman–Crippen MR) is 41.9 cm³/mol. The molecule has 3 nitrogen and oxygen atoms in total. The Labute approximate surface area is 107 Å². The summed E-state index contributed by atoms with van der Waals surface area (Å²) in [5.41, 5.74) is -0.627. The third-order valence-corrected chi connectivity index (χ3v) is 1.71. The average Bonchev–Trinajstić information content (AvgIpc) is 2.17. The van der Waals surface area contributed by atoms with Gasteiger partial charge in [0.05, 0.1) is 7.11 Å². The monoisotopic (exact) mass is 224 g/mol. The molecule has 1 aromatic rings. The number of aliphatic carboxylic acids is 1. The largest absolute Gasteiger partial charge is 1.00 e. The maximum absolute atomic E-state index is 12.8. The minimum absolute atomic E-state index is 0. The van der Waals surface area contributed by atoms with Crippen molar-refractivity contribution in [2.45, 2.75) is 5.92 Å². The fraction of sp³-hybridized carbons (Fsp3) is 0.222. The van der Waals surface area contributed by atoms with Crippen LogP contribution in [0.1, 0.15) is 5.56 Å². The second kappa shape index (κ2) is 5.44. The predicted octanol–water partition coefficient (Wildman–Crippen LogP) is -2.46. The van der Waals surface area contributed by atoms with E-state index < -0.39 is 17.5 Å². The minimum Gasteiger partial charge on any atom is -0.544 e. The van der Waals surface area contributed by atoms with Gasteiger partial charge in [0.25, 0.3) is 0 Å². The van der Waals surface area contributed by atoms with Gasteiger partial charge in [0, 0.05) is 5.56 Å². The molecule has 0 aromatic heterocycles. The molecular weight excluding hydrogens is 217 g/mol. The third kappa shape index (κ3) is 3.15. The van der Waals surface area contributed by atoms with Crippen LogP contribution in [0.15, 0.2) is 24.3 Å². The van der Waals surface area contributed by atoms with E-state index in [0.717, 1.165) is 12.1 Å². The fourth-order valence-corrected chi connectivity index (χ4v) is 0.918. The number of alkyl halides is 2. The molecule has 15 heavy (non-hydrogen) atoms. The van der Waals surface area contributed by atoms with E-state index in [9.17, 15) is 18.7 Å². The van der Waals surface area contributed by atoms with Gasteiger partial charge in [-0.2, -0.15) is 8.78 Å². The standard InChI is InChI=1S/C9H8F2O3.Na/c1-14-7-4-2-6(3-5-7)9(10,11)8(12)13;/h2-5H,1H3,(H,12,13);/q;+1/p-1. The van der Waals surface area contributed by atoms with Crippen molar-refractivity contribution in [3.63, 3.8) is 0 Å². The van der Waals surface area contributed by atoms with E-state index in [1.165, 1.54) is 19.2 Å². The topological polar surface area (TPSA) is 49.4 Å². The number of methoxy groups -OCH3 is 1. The van der Waals surface area contributed by atoms with Gasteiger partial charge in [0.1, 0.15) is 11.7 Å². The summed E-state index contributed by atoms with van der Waals surface area (Å²) in [5.74, 6) is -6.00. The smallest absolute Gasteiger partial charge is 0.544 e. The molecule has 0 fully saturated rings. The Kier molecular flexibility index (Phi) is 5.20. The zero-order valence-electron chi connectivity index (χ0n) is 8.29. The molecule has 0 radical (unpaired) electrons. The van der Waals surface area contributed by atoms with Gasteiger partial charge in [-0.25, -0.2) is 0 Å². The number of carboxylic acids is 1. The maximum atomic E-state index is 12.8. The van der Waals surface area contributed by atoms with Crippen molar-refractivity contribution in [1.82, 2.24) is 0 Å². The Bertz CT molecular complexity index is 338. The van der Waals surface area contributed by atoms with Crippen molar-refractivity contribution < 1.29 is 53.0 Å². The number of rotatable bonds is 3. The van der Waals surface area contributed by atoms with Gasteiger partial charge in [0.15, 0.2) is 0 Å². The van der Waals surface area contributed by atoms with Gasteiger partial charge >= 0.3 is 35.5 Å². The molecule has 0 saturated carbocycles. The first-order valence-electron chi connectivity index (χ1n) is 3.72. The molecule has 0 atom stereocenters. The number of carbonyl (C=O) groups excluding carboxylic acids is 1. The zero-order valence-corrected chi connectivity index (χ0v) is 10.3. The number of carbonyl (C=O) groups is 1. The maximum Gasteiger partial charge on any atom is 1.00 e. The van der Waals surface area contributed by atoms with Crippen molar-refractivity contribution in [2.24, 2.45) is 0 Å². The molecule has 0 aliphatic carbocycles. The molecule has 0 aliphatic heterocycles. The van der Waals surface area contributed by atoms with Crippen LogP contribution in [0.4, 0.5) is 8.78 Å². The van der Waals surface area contributed by atoms with Crippen LogP contribution in [0.25, 0.3) is 0 Å². The van der Waals surface area contributed by atoms with E-state index in [4.69, 9.17) is 4.74 Å². The molecule has 0 bridgehead atoms. The van der Waals surface area contributed by atoms with E-state index in [1.54, 1.807) is 0 Å². The molecule has 0 aliphatic rings. The van der Waals surface area contributed by atoms with Gasteiger partial charge in [-0.3, -0.25) is 0 Å². The van der Waals surface area contributed by atoms with Crippen molar-refractivity contribution in [1.29, 1.82) is 0 Å². The second-order valence-electron chi connectivity index (χ2n) is 2.59. The van der Waals surface area contributed by atoms with E-state index in [2.05, 4.69) is 0 Å². The summed E-state index contributed by atoms with van der Waals surface area (Å²) >= 11 is 0. The van der Waals surface area contributed by atoms with E-state index in [1.807, 2.05) is 0 Å². The number of benzene rings is 1. The summed E-state index contributed by atoms with van der Waals surface area (Å²) in [6.45, 7) is 0. The molecular formula is C9H7F2NaO3. The summed E-state index contributed by atoms with van der Waals surface area (Å²) in [5, 5.41) is 10.1. The van der Waals surface area contributed by atoms with Crippen LogP contribution in [0.2, 0.25) is 0 Å². The van der Waals surface area contributed by atoms with Crippen LogP contribution >= 0.6 is 0 Å². The van der Waals surface area contributed by atoms with Gasteiger partial charge in [0.2, 0.25) is 0 Å². The molecule has 0 saturated heterocycles. The number of halogens is 2. The minimum atomic E-state index is -3.97. The number of ether oxygens (including phenoxy) is 1. The number of hydrogen-bond acceptors (Lipinski definition) is 3. The first-order chi connectivity index (χ1) is 6.48. The molecule has 1 rings (SSSR count). The van der Waals surface area contributed by atoms with E-state index >= 15 is 0 Å². The average molecular weight is 224 g/mol. The molecule has 0 amide bonds. The van der Waals surface area contributed by atoms with Crippen molar-refractivity contribution >= 4 is 5.97 Å². The second-order valence-corrected chi connectivity index (χ2v) is 2.59. The zero-order chi connectivity index (χ0) is 10.8. The van der Waals surface area contributed by atoms with Gasteiger partial charge < -0.3 is 14.6 Å². The van der Waals surface area contributed by atoms with Crippen molar-refractivity contribution in [3.05, 3.63) is 29.8 Å². The first-order valence-corrected chi connectivity index (χ1v) is 3.72. The SMILES string of the molecule is COc1ccc(C(F)(F)C(=O)[O-])cc1.[Na+]. The van der Waals surface area contributed by atoms with E-state index in [-0.39, 0.29) is 29.6 Å². The van der Waals surface area contributed by atoms with E-state index in [0.29, 0.717) is 5.75 Å². The van der Waals surface area contributed by atoms with Crippen molar-refractivity contribution in [2.75, 3.05) is 7.11 Å². The quantitative estimate of drug-likeness (QED) is 0.535. The molecule has 1 aromatic carbocycles. The summed E-state index contributed by atoms with van der Waals surface area (Å²) < 4.78 is 30.4. The Morgan fingerprint density at radius 1 is 1.33 bits per heavy atom. The van der Waals surface area contributed by atoms with Gasteiger partial charge in [-0.05, 0) is 24.3 Å². The van der Waals surface area contributed by atoms with Crippen LogP contribution < -0.4 is 39.4 Å².